The van der Waals surface area contributed by atoms with Gasteiger partial charge in [-0.05, 0) is 29.0 Å². The van der Waals surface area contributed by atoms with Crippen LogP contribution in [0.5, 0.6) is 17.2 Å². The highest BCUT2D eigenvalue weighted by molar-refractivity contribution is 6.03. The summed E-state index contributed by atoms with van der Waals surface area (Å²) < 4.78 is 0. The van der Waals surface area contributed by atoms with Crippen molar-refractivity contribution in [1.82, 2.24) is 5.43 Å². The Kier molecular flexibility index (Phi) is 4.03. The Hall–Kier alpha value is -3.54. The van der Waals surface area contributed by atoms with Gasteiger partial charge in [0.05, 0.1) is 11.8 Å². The van der Waals surface area contributed by atoms with E-state index in [-0.39, 0.29) is 22.8 Å². The van der Waals surface area contributed by atoms with Crippen molar-refractivity contribution in [2.24, 2.45) is 5.10 Å². The number of benzene rings is 3. The minimum absolute atomic E-state index is 0.0212. The lowest BCUT2D eigenvalue weighted by molar-refractivity contribution is 0.0952. The quantitative estimate of drug-likeness (QED) is 0.440. The van der Waals surface area contributed by atoms with Crippen molar-refractivity contribution in [3.63, 3.8) is 0 Å². The smallest absolute Gasteiger partial charge is 0.275 e. The maximum absolute atomic E-state index is 12.0. The zero-order valence-corrected chi connectivity index (χ0v) is 12.5. The third-order valence-corrected chi connectivity index (χ3v) is 3.53. The molecule has 0 bridgehead atoms. The molecule has 3 rings (SSSR count). The van der Waals surface area contributed by atoms with Crippen LogP contribution in [-0.4, -0.2) is 27.4 Å². The number of nitrogens with one attached hydrogen (secondary N) is 1. The summed E-state index contributed by atoms with van der Waals surface area (Å²) in [7, 11) is 0. The van der Waals surface area contributed by atoms with E-state index < -0.39 is 5.91 Å². The maximum Gasteiger partial charge on any atom is 0.275 e. The first-order valence-electron chi connectivity index (χ1n) is 7.12. The summed E-state index contributed by atoms with van der Waals surface area (Å²) in [4.78, 5) is 12.0. The molecule has 6 heteroatoms. The number of phenolic OH excluding ortho intramolecular Hbond substituents is 3. The summed E-state index contributed by atoms with van der Waals surface area (Å²) in [6, 6.07) is 14.4. The van der Waals surface area contributed by atoms with Crippen LogP contribution < -0.4 is 5.43 Å². The number of carbonyl (C=O) groups is 1. The zero-order valence-electron chi connectivity index (χ0n) is 12.5. The standard InChI is InChI=1S/C18H14N2O4/c21-12-6-7-14(17(23)9-12)18(24)20-19-10-15-13-4-2-1-3-11(13)5-8-16(15)22/h1-10,21-23H,(H,20,24)/b19-10-. The number of rotatable bonds is 3. The molecular formula is C18H14N2O4. The summed E-state index contributed by atoms with van der Waals surface area (Å²) in [5.74, 6) is -1.09. The maximum atomic E-state index is 12.0. The average molecular weight is 322 g/mol. The largest absolute Gasteiger partial charge is 0.508 e. The van der Waals surface area contributed by atoms with E-state index in [1.165, 1.54) is 18.3 Å². The van der Waals surface area contributed by atoms with Crippen molar-refractivity contribution in [2.75, 3.05) is 0 Å². The van der Waals surface area contributed by atoms with Crippen LogP contribution in [0.2, 0.25) is 0 Å². The molecule has 1 amide bonds. The molecule has 4 N–H and O–H groups in total. The van der Waals surface area contributed by atoms with Crippen LogP contribution >= 0.6 is 0 Å². The van der Waals surface area contributed by atoms with Crippen molar-refractivity contribution in [1.29, 1.82) is 0 Å². The number of hydrogen-bond donors (Lipinski definition) is 4. The Labute approximate surface area is 137 Å². The molecule has 0 aliphatic heterocycles. The van der Waals surface area contributed by atoms with Gasteiger partial charge in [-0.3, -0.25) is 4.79 Å². The molecule has 0 aromatic heterocycles. The number of phenols is 3. The van der Waals surface area contributed by atoms with Gasteiger partial charge in [-0.2, -0.15) is 5.10 Å². The number of nitrogens with zero attached hydrogens (tertiary/aromatic N) is 1. The van der Waals surface area contributed by atoms with Gasteiger partial charge in [0, 0.05) is 11.6 Å². The number of amides is 1. The topological polar surface area (TPSA) is 102 Å². The summed E-state index contributed by atoms with van der Waals surface area (Å²) in [5.41, 5.74) is 2.73. The molecule has 0 unspecified atom stereocenters. The molecule has 0 saturated heterocycles. The lowest BCUT2D eigenvalue weighted by Gasteiger charge is -2.05. The fourth-order valence-corrected chi connectivity index (χ4v) is 2.35. The molecule has 0 spiro atoms. The summed E-state index contributed by atoms with van der Waals surface area (Å²) in [5, 5.41) is 34.4. The Morgan fingerprint density at radius 1 is 0.958 bits per heavy atom. The number of hydrogen-bond acceptors (Lipinski definition) is 5. The van der Waals surface area contributed by atoms with Gasteiger partial charge < -0.3 is 15.3 Å². The highest BCUT2D eigenvalue weighted by Crippen LogP contribution is 2.25. The molecule has 0 heterocycles. The van der Waals surface area contributed by atoms with Gasteiger partial charge in [0.1, 0.15) is 17.2 Å². The molecular weight excluding hydrogens is 308 g/mol. The van der Waals surface area contributed by atoms with Crippen LogP contribution in [0.1, 0.15) is 15.9 Å². The average Bonchev–Trinajstić information content (AvgIpc) is 2.56. The van der Waals surface area contributed by atoms with Gasteiger partial charge >= 0.3 is 0 Å². The van der Waals surface area contributed by atoms with Crippen LogP contribution in [0.15, 0.2) is 59.7 Å². The highest BCUT2D eigenvalue weighted by Gasteiger charge is 2.11. The molecule has 6 nitrogen and oxygen atoms in total. The van der Waals surface area contributed by atoms with Crippen LogP contribution in [0.3, 0.4) is 0 Å². The van der Waals surface area contributed by atoms with E-state index in [4.69, 9.17) is 0 Å². The minimum atomic E-state index is -0.636. The summed E-state index contributed by atoms with van der Waals surface area (Å²) in [6.07, 6.45) is 1.34. The molecule has 0 saturated carbocycles. The van der Waals surface area contributed by atoms with E-state index in [1.807, 2.05) is 24.3 Å². The second-order valence-electron chi connectivity index (χ2n) is 5.12. The van der Waals surface area contributed by atoms with E-state index >= 15 is 0 Å². The van der Waals surface area contributed by atoms with Crippen molar-refractivity contribution in [3.05, 3.63) is 65.7 Å². The summed E-state index contributed by atoms with van der Waals surface area (Å²) in [6.45, 7) is 0. The van der Waals surface area contributed by atoms with Crippen molar-refractivity contribution < 1.29 is 20.1 Å². The molecule has 0 atom stereocenters. The van der Waals surface area contributed by atoms with E-state index in [2.05, 4.69) is 10.5 Å². The Morgan fingerprint density at radius 3 is 2.54 bits per heavy atom. The van der Waals surface area contributed by atoms with Crippen LogP contribution in [0.4, 0.5) is 0 Å². The van der Waals surface area contributed by atoms with E-state index in [1.54, 1.807) is 12.1 Å². The van der Waals surface area contributed by atoms with E-state index in [0.29, 0.717) is 5.56 Å². The van der Waals surface area contributed by atoms with Gasteiger partial charge in [0.2, 0.25) is 0 Å². The Morgan fingerprint density at radius 2 is 1.75 bits per heavy atom. The molecule has 0 aliphatic carbocycles. The predicted molar refractivity (Wildman–Crippen MR) is 90.4 cm³/mol. The number of hydrazone groups is 1. The van der Waals surface area contributed by atoms with Crippen LogP contribution in [0.25, 0.3) is 10.8 Å². The lowest BCUT2D eigenvalue weighted by Crippen LogP contribution is -2.17. The first kappa shape index (κ1) is 15.4. The van der Waals surface area contributed by atoms with Crippen LogP contribution in [-0.2, 0) is 0 Å². The Balaban J connectivity index is 1.84. The van der Waals surface area contributed by atoms with Gasteiger partial charge in [0.25, 0.3) is 5.91 Å². The monoisotopic (exact) mass is 322 g/mol. The predicted octanol–water partition coefficient (Wildman–Crippen LogP) is 2.72. The Bertz CT molecular complexity index is 951. The summed E-state index contributed by atoms with van der Waals surface area (Å²) >= 11 is 0. The molecule has 120 valence electrons. The van der Waals surface area contributed by atoms with Crippen molar-refractivity contribution in [2.45, 2.75) is 0 Å². The number of aromatic hydroxyl groups is 3. The zero-order chi connectivity index (χ0) is 17.1. The molecule has 3 aromatic carbocycles. The van der Waals surface area contributed by atoms with Gasteiger partial charge in [-0.15, -0.1) is 0 Å². The minimum Gasteiger partial charge on any atom is -0.508 e. The first-order valence-corrected chi connectivity index (χ1v) is 7.12. The number of fused-ring (bicyclic) bond motifs is 1. The van der Waals surface area contributed by atoms with E-state index in [9.17, 15) is 20.1 Å². The molecule has 3 aromatic rings. The SMILES string of the molecule is O=C(N/N=C\c1c(O)ccc2ccccc12)c1ccc(O)cc1O. The number of carbonyl (C=O) groups excluding carboxylic acids is 1. The third kappa shape index (κ3) is 2.98. The van der Waals surface area contributed by atoms with Crippen molar-refractivity contribution in [3.8, 4) is 17.2 Å². The molecule has 0 radical (unpaired) electrons. The molecule has 0 fully saturated rings. The van der Waals surface area contributed by atoms with Crippen LogP contribution in [0, 0.1) is 0 Å². The fraction of sp³-hybridized carbons (Fsp3) is 0. The first-order chi connectivity index (χ1) is 11.6. The lowest BCUT2D eigenvalue weighted by atomic mass is 10.0. The van der Waals surface area contributed by atoms with Gasteiger partial charge in [-0.25, -0.2) is 5.43 Å². The molecule has 24 heavy (non-hydrogen) atoms. The van der Waals surface area contributed by atoms with Gasteiger partial charge in [0.15, 0.2) is 0 Å². The normalized spacial score (nSPS) is 11.0. The second-order valence-corrected chi connectivity index (χ2v) is 5.12. The van der Waals surface area contributed by atoms with Gasteiger partial charge in [-0.1, -0.05) is 30.3 Å². The highest BCUT2D eigenvalue weighted by atomic mass is 16.3. The van der Waals surface area contributed by atoms with Crippen molar-refractivity contribution >= 4 is 22.9 Å². The second kappa shape index (κ2) is 6.29. The van der Waals surface area contributed by atoms with E-state index in [0.717, 1.165) is 16.8 Å². The third-order valence-electron chi connectivity index (χ3n) is 3.53. The molecule has 0 aliphatic rings. The fourth-order valence-electron chi connectivity index (χ4n) is 2.35.